The quantitative estimate of drug-likeness (QED) is 0.204. The Morgan fingerprint density at radius 3 is 1.80 bits per heavy atom. The summed E-state index contributed by atoms with van der Waals surface area (Å²) in [6, 6.07) is 48.3. The first kappa shape index (κ1) is 22.0. The fraction of sp³-hybridized carbons (Fsp3) is 0. The Hall–Kier alpha value is -4.92. The molecule has 0 atom stereocenters. The summed E-state index contributed by atoms with van der Waals surface area (Å²) >= 11 is 1.87. The van der Waals surface area contributed by atoms with Gasteiger partial charge in [0.25, 0.3) is 0 Å². The third-order valence-corrected chi connectivity index (χ3v) is 9.37. The molecule has 2 aromatic heterocycles. The van der Waals surface area contributed by atoms with Crippen LogP contribution in [0.2, 0.25) is 0 Å². The van der Waals surface area contributed by atoms with Crippen molar-refractivity contribution in [1.82, 2.24) is 0 Å². The molecule has 2 heteroatoms. The number of hydrogen-bond acceptors (Lipinski definition) is 2. The molecule has 2 heterocycles. The van der Waals surface area contributed by atoms with Gasteiger partial charge in [0, 0.05) is 31.3 Å². The van der Waals surface area contributed by atoms with Gasteiger partial charge in [-0.2, -0.15) is 0 Å². The standard InChI is InChI=1S/C38H22OS/c1-2-10-24-21-25(18-17-23(24)9-1)36-26-11-3-5-13-28(26)38(29-14-6-4-12-27(29)36)35-22-31-34(40-35)20-19-33-37(31)30-15-7-8-16-32(30)39-33/h1-22H. The molecule has 0 N–H and O–H groups in total. The predicted molar refractivity (Wildman–Crippen MR) is 172 cm³/mol. The van der Waals surface area contributed by atoms with Gasteiger partial charge in [-0.15, -0.1) is 11.3 Å². The molecular formula is C38H22OS. The van der Waals surface area contributed by atoms with Crippen molar-refractivity contribution >= 4 is 75.7 Å². The van der Waals surface area contributed by atoms with Crippen LogP contribution in [0.15, 0.2) is 138 Å². The van der Waals surface area contributed by atoms with Crippen LogP contribution in [0.5, 0.6) is 0 Å². The number of thiophene rings is 1. The molecule has 9 aromatic rings. The zero-order chi connectivity index (χ0) is 26.2. The summed E-state index contributed by atoms with van der Waals surface area (Å²) in [4.78, 5) is 1.28. The van der Waals surface area contributed by atoms with Crippen LogP contribution in [0.4, 0.5) is 0 Å². The van der Waals surface area contributed by atoms with Crippen LogP contribution in [0.1, 0.15) is 0 Å². The number of para-hydroxylation sites is 1. The van der Waals surface area contributed by atoms with E-state index in [-0.39, 0.29) is 0 Å². The average molecular weight is 527 g/mol. The second-order valence-electron chi connectivity index (χ2n) is 10.5. The molecule has 0 spiro atoms. The molecule has 1 nitrogen and oxygen atoms in total. The first-order chi connectivity index (χ1) is 19.8. The van der Waals surface area contributed by atoms with Crippen LogP contribution in [-0.2, 0) is 0 Å². The largest absolute Gasteiger partial charge is 0.456 e. The fourth-order valence-corrected chi connectivity index (χ4v) is 7.65. The van der Waals surface area contributed by atoms with Gasteiger partial charge in [0.1, 0.15) is 11.2 Å². The van der Waals surface area contributed by atoms with E-state index in [1.807, 2.05) is 17.4 Å². The topological polar surface area (TPSA) is 13.1 Å². The zero-order valence-electron chi connectivity index (χ0n) is 21.5. The van der Waals surface area contributed by atoms with Crippen LogP contribution in [0.25, 0.3) is 85.9 Å². The van der Waals surface area contributed by atoms with Gasteiger partial charge in [0.2, 0.25) is 0 Å². The SMILES string of the molecule is c1ccc2cc(-c3c4ccccc4c(-c4cc5c(ccc6oc7ccccc7c65)s4)c4ccccc34)ccc2c1. The Morgan fingerprint density at radius 2 is 1.05 bits per heavy atom. The summed E-state index contributed by atoms with van der Waals surface area (Å²) in [5, 5.41) is 11.3. The number of rotatable bonds is 2. The Balaban J connectivity index is 1.39. The normalized spacial score (nSPS) is 12.0. The van der Waals surface area contributed by atoms with Gasteiger partial charge >= 0.3 is 0 Å². The van der Waals surface area contributed by atoms with Gasteiger partial charge in [-0.25, -0.2) is 0 Å². The van der Waals surface area contributed by atoms with Crippen molar-refractivity contribution in [2.45, 2.75) is 0 Å². The Bertz CT molecular complexity index is 2380. The minimum Gasteiger partial charge on any atom is -0.456 e. The second kappa shape index (κ2) is 8.29. The molecule has 0 saturated heterocycles. The Kier molecular flexibility index (Phi) is 4.55. The van der Waals surface area contributed by atoms with E-state index in [0.29, 0.717) is 0 Å². The summed E-state index contributed by atoms with van der Waals surface area (Å²) in [5.41, 5.74) is 5.73. The van der Waals surface area contributed by atoms with E-state index < -0.39 is 0 Å². The third kappa shape index (κ3) is 3.08. The van der Waals surface area contributed by atoms with E-state index in [4.69, 9.17) is 4.42 Å². The van der Waals surface area contributed by atoms with Crippen molar-refractivity contribution in [3.05, 3.63) is 133 Å². The Labute approximate surface area is 234 Å². The molecule has 0 aliphatic rings. The lowest BCUT2D eigenvalue weighted by Gasteiger charge is -2.17. The van der Waals surface area contributed by atoms with Crippen molar-refractivity contribution in [3.63, 3.8) is 0 Å². The highest BCUT2D eigenvalue weighted by atomic mass is 32.1. The molecule has 186 valence electrons. The van der Waals surface area contributed by atoms with E-state index in [9.17, 15) is 0 Å². The lowest BCUT2D eigenvalue weighted by molar-refractivity contribution is 0.669. The average Bonchev–Trinajstić information content (AvgIpc) is 3.61. The maximum absolute atomic E-state index is 6.22. The molecule has 0 saturated carbocycles. The lowest BCUT2D eigenvalue weighted by atomic mass is 9.87. The van der Waals surface area contributed by atoms with Crippen molar-refractivity contribution in [2.24, 2.45) is 0 Å². The van der Waals surface area contributed by atoms with Crippen molar-refractivity contribution in [2.75, 3.05) is 0 Å². The molecule has 0 amide bonds. The van der Waals surface area contributed by atoms with E-state index in [1.165, 1.54) is 74.7 Å². The lowest BCUT2D eigenvalue weighted by Crippen LogP contribution is -1.89. The van der Waals surface area contributed by atoms with Crippen LogP contribution in [0, 0.1) is 0 Å². The minimum atomic E-state index is 0.938. The van der Waals surface area contributed by atoms with Gasteiger partial charge in [0.15, 0.2) is 0 Å². The molecule has 0 aliphatic heterocycles. The molecule has 0 bridgehead atoms. The van der Waals surface area contributed by atoms with E-state index >= 15 is 0 Å². The molecule has 40 heavy (non-hydrogen) atoms. The van der Waals surface area contributed by atoms with E-state index in [1.54, 1.807) is 0 Å². The van der Waals surface area contributed by atoms with Gasteiger partial charge < -0.3 is 4.42 Å². The van der Waals surface area contributed by atoms with Crippen molar-refractivity contribution in [3.8, 4) is 21.6 Å². The van der Waals surface area contributed by atoms with Crippen LogP contribution >= 0.6 is 11.3 Å². The second-order valence-corrected chi connectivity index (χ2v) is 11.5. The van der Waals surface area contributed by atoms with Gasteiger partial charge in [0.05, 0.1) is 0 Å². The number of fused-ring (bicyclic) bond motifs is 8. The Morgan fingerprint density at radius 1 is 0.425 bits per heavy atom. The molecular weight excluding hydrogens is 504 g/mol. The molecule has 9 rings (SSSR count). The van der Waals surface area contributed by atoms with Crippen LogP contribution in [0.3, 0.4) is 0 Å². The minimum absolute atomic E-state index is 0.938. The van der Waals surface area contributed by atoms with Gasteiger partial charge in [-0.05, 0) is 73.8 Å². The monoisotopic (exact) mass is 526 g/mol. The molecule has 0 radical (unpaired) electrons. The molecule has 7 aromatic carbocycles. The summed E-state index contributed by atoms with van der Waals surface area (Å²) in [5.74, 6) is 0. The molecule has 0 aliphatic carbocycles. The summed E-state index contributed by atoms with van der Waals surface area (Å²) in [7, 11) is 0. The summed E-state index contributed by atoms with van der Waals surface area (Å²) in [6.07, 6.45) is 0. The van der Waals surface area contributed by atoms with E-state index in [0.717, 1.165) is 11.2 Å². The molecule has 0 unspecified atom stereocenters. The maximum Gasteiger partial charge on any atom is 0.136 e. The van der Waals surface area contributed by atoms with Crippen LogP contribution in [-0.4, -0.2) is 0 Å². The van der Waals surface area contributed by atoms with Gasteiger partial charge in [-0.1, -0.05) is 103 Å². The number of benzene rings is 7. The van der Waals surface area contributed by atoms with Crippen molar-refractivity contribution in [1.29, 1.82) is 0 Å². The number of hydrogen-bond donors (Lipinski definition) is 0. The molecule has 0 fully saturated rings. The smallest absolute Gasteiger partial charge is 0.136 e. The highest BCUT2D eigenvalue weighted by Gasteiger charge is 2.19. The zero-order valence-corrected chi connectivity index (χ0v) is 22.3. The highest BCUT2D eigenvalue weighted by Crippen LogP contribution is 2.48. The fourth-order valence-electron chi connectivity index (χ4n) is 6.51. The first-order valence-corrected chi connectivity index (χ1v) is 14.4. The first-order valence-electron chi connectivity index (χ1n) is 13.6. The number of furan rings is 1. The summed E-state index contributed by atoms with van der Waals surface area (Å²) in [6.45, 7) is 0. The van der Waals surface area contributed by atoms with E-state index in [2.05, 4.69) is 127 Å². The predicted octanol–water partition coefficient (Wildman–Crippen LogP) is 11.6. The highest BCUT2D eigenvalue weighted by molar-refractivity contribution is 7.22. The van der Waals surface area contributed by atoms with Gasteiger partial charge in [-0.3, -0.25) is 0 Å². The summed E-state index contributed by atoms with van der Waals surface area (Å²) < 4.78 is 7.49. The third-order valence-electron chi connectivity index (χ3n) is 8.25. The van der Waals surface area contributed by atoms with Crippen molar-refractivity contribution < 1.29 is 4.42 Å². The van der Waals surface area contributed by atoms with Crippen LogP contribution < -0.4 is 0 Å². The maximum atomic E-state index is 6.22.